The fourth-order valence-corrected chi connectivity index (χ4v) is 4.13. The van der Waals surface area contributed by atoms with E-state index in [2.05, 4.69) is 5.32 Å². The SMILES string of the molecule is Cc1ccccc1C(=O)Nc1ccc(C(=O)N2CCCC(CO)c3ccccc32)cc1. The van der Waals surface area contributed by atoms with Gasteiger partial charge in [0.2, 0.25) is 0 Å². The summed E-state index contributed by atoms with van der Waals surface area (Å²) in [5, 5.41) is 12.7. The van der Waals surface area contributed by atoms with Crippen LogP contribution in [-0.2, 0) is 0 Å². The fraction of sp³-hybridized carbons (Fsp3) is 0.231. The summed E-state index contributed by atoms with van der Waals surface area (Å²) in [5.74, 6) is -0.204. The molecule has 4 rings (SSSR count). The van der Waals surface area contributed by atoms with E-state index in [1.165, 1.54) is 0 Å². The van der Waals surface area contributed by atoms with Crippen molar-refractivity contribution in [2.24, 2.45) is 0 Å². The van der Waals surface area contributed by atoms with Gasteiger partial charge < -0.3 is 15.3 Å². The van der Waals surface area contributed by atoms with Gasteiger partial charge in [-0.1, -0.05) is 36.4 Å². The number of nitrogens with one attached hydrogen (secondary N) is 1. The third kappa shape index (κ3) is 4.37. The average molecular weight is 415 g/mol. The first kappa shape index (κ1) is 20.8. The molecule has 1 aliphatic rings. The number of carbonyl (C=O) groups is 2. The Kier molecular flexibility index (Phi) is 6.14. The van der Waals surface area contributed by atoms with Crippen molar-refractivity contribution in [1.29, 1.82) is 0 Å². The minimum atomic E-state index is -0.173. The lowest BCUT2D eigenvalue weighted by molar-refractivity contribution is 0.0985. The molecule has 1 unspecified atom stereocenters. The first-order valence-corrected chi connectivity index (χ1v) is 10.6. The van der Waals surface area contributed by atoms with E-state index in [1.54, 1.807) is 35.2 Å². The molecule has 1 atom stereocenters. The number of hydrogen-bond acceptors (Lipinski definition) is 3. The molecule has 5 heteroatoms. The molecular weight excluding hydrogens is 388 g/mol. The number of aryl methyl sites for hydroxylation is 1. The third-order valence-corrected chi connectivity index (χ3v) is 5.85. The van der Waals surface area contributed by atoms with Crippen LogP contribution in [0.2, 0.25) is 0 Å². The number of anilines is 2. The summed E-state index contributed by atoms with van der Waals surface area (Å²) in [7, 11) is 0. The van der Waals surface area contributed by atoms with Gasteiger partial charge in [-0.15, -0.1) is 0 Å². The van der Waals surface area contributed by atoms with Crippen LogP contribution in [0.25, 0.3) is 0 Å². The molecule has 2 amide bonds. The van der Waals surface area contributed by atoms with Crippen LogP contribution in [-0.4, -0.2) is 30.1 Å². The molecule has 0 saturated carbocycles. The minimum Gasteiger partial charge on any atom is -0.396 e. The van der Waals surface area contributed by atoms with Crippen LogP contribution < -0.4 is 10.2 Å². The number of carbonyl (C=O) groups excluding carboxylic acids is 2. The summed E-state index contributed by atoms with van der Waals surface area (Å²) >= 11 is 0. The molecule has 31 heavy (non-hydrogen) atoms. The Labute approximate surface area is 182 Å². The Bertz CT molecular complexity index is 1090. The van der Waals surface area contributed by atoms with Gasteiger partial charge in [0.1, 0.15) is 0 Å². The van der Waals surface area contributed by atoms with Crippen molar-refractivity contribution in [3.05, 3.63) is 95.1 Å². The molecule has 0 aromatic heterocycles. The summed E-state index contributed by atoms with van der Waals surface area (Å²) in [6.45, 7) is 2.59. The third-order valence-electron chi connectivity index (χ3n) is 5.85. The maximum absolute atomic E-state index is 13.3. The number of nitrogens with zero attached hydrogens (tertiary/aromatic N) is 1. The highest BCUT2D eigenvalue weighted by molar-refractivity contribution is 6.08. The van der Waals surface area contributed by atoms with E-state index in [9.17, 15) is 14.7 Å². The smallest absolute Gasteiger partial charge is 0.258 e. The normalized spacial score (nSPS) is 15.7. The van der Waals surface area contributed by atoms with Gasteiger partial charge in [-0.25, -0.2) is 0 Å². The maximum atomic E-state index is 13.3. The van der Waals surface area contributed by atoms with Gasteiger partial charge in [-0.2, -0.15) is 0 Å². The number of para-hydroxylation sites is 1. The molecule has 1 aliphatic heterocycles. The number of benzene rings is 3. The molecule has 3 aromatic rings. The van der Waals surface area contributed by atoms with Gasteiger partial charge >= 0.3 is 0 Å². The molecule has 1 heterocycles. The lowest BCUT2D eigenvalue weighted by Gasteiger charge is -2.24. The highest BCUT2D eigenvalue weighted by Gasteiger charge is 2.26. The van der Waals surface area contributed by atoms with Gasteiger partial charge in [0.25, 0.3) is 11.8 Å². The quantitative estimate of drug-likeness (QED) is 0.646. The number of rotatable bonds is 4. The second kappa shape index (κ2) is 9.14. The molecule has 0 bridgehead atoms. The Hall–Kier alpha value is -3.44. The van der Waals surface area contributed by atoms with Crippen LogP contribution in [0, 0.1) is 6.92 Å². The molecule has 0 spiro atoms. The van der Waals surface area contributed by atoms with Crippen LogP contribution in [0.15, 0.2) is 72.8 Å². The Morgan fingerprint density at radius 1 is 1.00 bits per heavy atom. The number of hydrogen-bond donors (Lipinski definition) is 2. The maximum Gasteiger partial charge on any atom is 0.258 e. The molecule has 158 valence electrons. The van der Waals surface area contributed by atoms with Crippen molar-refractivity contribution in [1.82, 2.24) is 0 Å². The van der Waals surface area contributed by atoms with E-state index in [0.29, 0.717) is 23.4 Å². The van der Waals surface area contributed by atoms with Crippen molar-refractivity contribution in [3.8, 4) is 0 Å². The molecular formula is C26H26N2O3. The van der Waals surface area contributed by atoms with Gasteiger partial charge in [-0.3, -0.25) is 9.59 Å². The Morgan fingerprint density at radius 3 is 2.45 bits per heavy atom. The Balaban J connectivity index is 1.53. The van der Waals surface area contributed by atoms with E-state index in [0.717, 1.165) is 29.7 Å². The molecule has 0 fully saturated rings. The molecule has 0 aliphatic carbocycles. The minimum absolute atomic E-state index is 0.0491. The van der Waals surface area contributed by atoms with Gasteiger partial charge in [-0.05, 0) is 67.3 Å². The largest absolute Gasteiger partial charge is 0.396 e. The van der Waals surface area contributed by atoms with Crippen LogP contribution in [0.4, 0.5) is 11.4 Å². The summed E-state index contributed by atoms with van der Waals surface area (Å²) in [6.07, 6.45) is 1.68. The number of aliphatic hydroxyl groups excluding tert-OH is 1. The predicted octanol–water partition coefficient (Wildman–Crippen LogP) is 4.76. The van der Waals surface area contributed by atoms with Crippen LogP contribution in [0.5, 0.6) is 0 Å². The first-order chi connectivity index (χ1) is 15.1. The zero-order valence-electron chi connectivity index (χ0n) is 17.5. The number of amides is 2. The summed E-state index contributed by atoms with van der Waals surface area (Å²) in [5.41, 5.74) is 4.61. The lowest BCUT2D eigenvalue weighted by Crippen LogP contribution is -2.31. The average Bonchev–Trinajstić information content (AvgIpc) is 2.99. The highest BCUT2D eigenvalue weighted by Crippen LogP contribution is 2.34. The van der Waals surface area contributed by atoms with Crippen molar-refractivity contribution in [2.45, 2.75) is 25.7 Å². The monoisotopic (exact) mass is 414 g/mol. The zero-order valence-corrected chi connectivity index (χ0v) is 17.5. The van der Waals surface area contributed by atoms with Crippen LogP contribution >= 0.6 is 0 Å². The summed E-state index contributed by atoms with van der Waals surface area (Å²) in [4.78, 5) is 27.6. The molecule has 5 nitrogen and oxygen atoms in total. The second-order valence-corrected chi connectivity index (χ2v) is 7.88. The highest BCUT2D eigenvalue weighted by atomic mass is 16.3. The van der Waals surface area contributed by atoms with Gasteiger partial charge in [0, 0.05) is 35.0 Å². The van der Waals surface area contributed by atoms with E-state index in [1.807, 2.05) is 49.4 Å². The standard InChI is InChI=1S/C26H26N2O3/c1-18-7-2-3-9-22(18)25(30)27-21-14-12-19(13-15-21)26(31)28-16-6-8-20(17-29)23-10-4-5-11-24(23)28/h2-5,7,9-15,20,29H,6,8,16-17H2,1H3,(H,27,30). The first-order valence-electron chi connectivity index (χ1n) is 10.6. The van der Waals surface area contributed by atoms with E-state index >= 15 is 0 Å². The van der Waals surface area contributed by atoms with Crippen LogP contribution in [0.1, 0.15) is 50.6 Å². The molecule has 2 N–H and O–H groups in total. The van der Waals surface area contributed by atoms with Crippen molar-refractivity contribution < 1.29 is 14.7 Å². The number of aliphatic hydroxyl groups is 1. The zero-order chi connectivity index (χ0) is 21.8. The van der Waals surface area contributed by atoms with E-state index < -0.39 is 0 Å². The van der Waals surface area contributed by atoms with Crippen molar-refractivity contribution in [3.63, 3.8) is 0 Å². The fourth-order valence-electron chi connectivity index (χ4n) is 4.13. The molecule has 3 aromatic carbocycles. The Morgan fingerprint density at radius 2 is 1.71 bits per heavy atom. The van der Waals surface area contributed by atoms with E-state index in [4.69, 9.17) is 0 Å². The summed E-state index contributed by atoms with van der Waals surface area (Å²) < 4.78 is 0. The predicted molar refractivity (Wildman–Crippen MR) is 123 cm³/mol. The van der Waals surface area contributed by atoms with Crippen molar-refractivity contribution in [2.75, 3.05) is 23.4 Å². The number of fused-ring (bicyclic) bond motifs is 1. The summed E-state index contributed by atoms with van der Waals surface area (Å²) in [6, 6.07) is 22.2. The molecule has 0 saturated heterocycles. The topological polar surface area (TPSA) is 69.6 Å². The second-order valence-electron chi connectivity index (χ2n) is 7.88. The van der Waals surface area contributed by atoms with Gasteiger partial charge in [0.15, 0.2) is 0 Å². The lowest BCUT2D eigenvalue weighted by atomic mass is 9.95. The molecule has 0 radical (unpaired) electrons. The van der Waals surface area contributed by atoms with Crippen LogP contribution in [0.3, 0.4) is 0 Å². The van der Waals surface area contributed by atoms with Gasteiger partial charge in [0.05, 0.1) is 6.61 Å². The van der Waals surface area contributed by atoms with E-state index in [-0.39, 0.29) is 24.3 Å². The van der Waals surface area contributed by atoms with Crippen molar-refractivity contribution >= 4 is 23.2 Å².